The van der Waals surface area contributed by atoms with Gasteiger partial charge in [0.15, 0.2) is 6.29 Å². The molecule has 0 aliphatic carbocycles. The Hall–Kier alpha value is -0.160. The molecule has 0 bridgehead atoms. The van der Waals surface area contributed by atoms with Crippen molar-refractivity contribution in [3.63, 3.8) is 0 Å². The maximum Gasteiger partial charge on any atom is 0.169 e. The van der Waals surface area contributed by atoms with Gasteiger partial charge in [-0.05, 0) is 40.2 Å². The lowest BCUT2D eigenvalue weighted by Gasteiger charge is -2.25. The number of hydrogen-bond acceptors (Lipinski definition) is 4. The largest absolute Gasteiger partial charge is 0.355 e. The van der Waals surface area contributed by atoms with Gasteiger partial charge in [0, 0.05) is 20.8 Å². The Morgan fingerprint density at radius 2 is 1.67 bits per heavy atom. The van der Waals surface area contributed by atoms with Gasteiger partial charge in [-0.15, -0.1) is 0 Å². The molecule has 0 spiro atoms. The minimum absolute atomic E-state index is 0.107. The number of nitrogens with zero attached hydrogens (tertiary/aromatic N) is 2. The van der Waals surface area contributed by atoms with Gasteiger partial charge in [-0.25, -0.2) is 0 Å². The molecule has 0 N–H and O–H groups in total. The Morgan fingerprint density at radius 3 is 2.07 bits per heavy atom. The van der Waals surface area contributed by atoms with Crippen molar-refractivity contribution in [2.24, 2.45) is 0 Å². The van der Waals surface area contributed by atoms with E-state index in [0.717, 1.165) is 26.2 Å². The Bertz CT molecular complexity index is 139. The minimum atomic E-state index is -0.107. The fourth-order valence-corrected chi connectivity index (χ4v) is 1.45. The maximum absolute atomic E-state index is 5.18. The number of hydrogen-bond donors (Lipinski definition) is 0. The molecule has 0 heterocycles. The van der Waals surface area contributed by atoms with Gasteiger partial charge in [-0.1, -0.05) is 6.92 Å². The van der Waals surface area contributed by atoms with Gasteiger partial charge >= 0.3 is 0 Å². The molecule has 0 aromatic rings. The predicted octanol–water partition coefficient (Wildman–Crippen LogP) is 0.879. The Morgan fingerprint density at radius 1 is 1.07 bits per heavy atom. The van der Waals surface area contributed by atoms with Crippen LogP contribution < -0.4 is 0 Å². The summed E-state index contributed by atoms with van der Waals surface area (Å²) in [6, 6.07) is 0. The van der Waals surface area contributed by atoms with Crippen molar-refractivity contribution in [1.82, 2.24) is 9.80 Å². The van der Waals surface area contributed by atoms with E-state index in [9.17, 15) is 0 Å². The summed E-state index contributed by atoms with van der Waals surface area (Å²) < 4.78 is 10.4. The average molecular weight is 218 g/mol. The molecule has 0 unspecified atom stereocenters. The zero-order valence-corrected chi connectivity index (χ0v) is 10.8. The molecule has 92 valence electrons. The van der Waals surface area contributed by atoms with Crippen LogP contribution in [0.15, 0.2) is 0 Å². The molecule has 0 atom stereocenters. The molecule has 0 rings (SSSR count). The normalized spacial score (nSPS) is 12.0. The predicted molar refractivity (Wildman–Crippen MR) is 63.1 cm³/mol. The van der Waals surface area contributed by atoms with E-state index in [-0.39, 0.29) is 6.29 Å². The molecule has 15 heavy (non-hydrogen) atoms. The van der Waals surface area contributed by atoms with Crippen molar-refractivity contribution >= 4 is 0 Å². The molecule has 0 amide bonds. The standard InChI is InChI=1S/C11H26N2O2/c1-6-13(9-7-8-12(2)3)10-11(14-4)15-5/h11H,6-10H2,1-5H3. The van der Waals surface area contributed by atoms with Gasteiger partial charge in [-0.2, -0.15) is 0 Å². The molecule has 0 radical (unpaired) electrons. The monoisotopic (exact) mass is 218 g/mol. The maximum atomic E-state index is 5.18. The van der Waals surface area contributed by atoms with Crippen LogP contribution in [0.25, 0.3) is 0 Å². The summed E-state index contributed by atoms with van der Waals surface area (Å²) in [5, 5.41) is 0. The molecule has 0 aromatic heterocycles. The van der Waals surface area contributed by atoms with Crippen molar-refractivity contribution in [1.29, 1.82) is 0 Å². The van der Waals surface area contributed by atoms with Crippen LogP contribution in [0.4, 0.5) is 0 Å². The first-order valence-corrected chi connectivity index (χ1v) is 5.56. The van der Waals surface area contributed by atoms with Gasteiger partial charge < -0.3 is 14.4 Å². The summed E-state index contributed by atoms with van der Waals surface area (Å²) in [5.41, 5.74) is 0. The lowest BCUT2D eigenvalue weighted by Crippen LogP contribution is -2.36. The van der Waals surface area contributed by atoms with E-state index in [1.165, 1.54) is 6.42 Å². The van der Waals surface area contributed by atoms with Crippen LogP contribution in [0.2, 0.25) is 0 Å². The second kappa shape index (κ2) is 9.09. The quantitative estimate of drug-likeness (QED) is 0.536. The molecular weight excluding hydrogens is 192 g/mol. The molecule has 0 saturated carbocycles. The van der Waals surface area contributed by atoms with Crippen LogP contribution in [0.3, 0.4) is 0 Å². The van der Waals surface area contributed by atoms with Crippen molar-refractivity contribution in [2.45, 2.75) is 19.6 Å². The van der Waals surface area contributed by atoms with Gasteiger partial charge in [-0.3, -0.25) is 4.90 Å². The highest BCUT2D eigenvalue weighted by Crippen LogP contribution is 1.98. The van der Waals surface area contributed by atoms with Crippen LogP contribution >= 0.6 is 0 Å². The SMILES string of the molecule is CCN(CCCN(C)C)CC(OC)OC. The number of rotatable bonds is 9. The topological polar surface area (TPSA) is 24.9 Å². The van der Waals surface area contributed by atoms with Crippen molar-refractivity contribution in [3.05, 3.63) is 0 Å². The van der Waals surface area contributed by atoms with Crippen LogP contribution in [0.1, 0.15) is 13.3 Å². The highest BCUT2D eigenvalue weighted by Gasteiger charge is 2.10. The van der Waals surface area contributed by atoms with Crippen LogP contribution in [0.5, 0.6) is 0 Å². The third-order valence-corrected chi connectivity index (χ3v) is 2.46. The first kappa shape index (κ1) is 14.8. The molecule has 0 saturated heterocycles. The van der Waals surface area contributed by atoms with Crippen molar-refractivity contribution in [3.8, 4) is 0 Å². The fraction of sp³-hybridized carbons (Fsp3) is 1.00. The number of likely N-dealkylation sites (N-methyl/N-ethyl adjacent to an activating group) is 1. The van der Waals surface area contributed by atoms with E-state index >= 15 is 0 Å². The summed E-state index contributed by atoms with van der Waals surface area (Å²) >= 11 is 0. The average Bonchev–Trinajstić information content (AvgIpc) is 2.22. The van der Waals surface area contributed by atoms with Gasteiger partial charge in [0.2, 0.25) is 0 Å². The Balaban J connectivity index is 3.71. The first-order chi connectivity index (χ1) is 7.13. The molecule has 0 aliphatic rings. The second-order valence-electron chi connectivity index (χ2n) is 3.95. The molecule has 0 fully saturated rings. The third-order valence-electron chi connectivity index (χ3n) is 2.46. The molecule has 0 aromatic carbocycles. The number of ether oxygens (including phenoxy) is 2. The molecule has 4 heteroatoms. The smallest absolute Gasteiger partial charge is 0.169 e. The van der Waals surface area contributed by atoms with Gasteiger partial charge in [0.25, 0.3) is 0 Å². The van der Waals surface area contributed by atoms with Crippen LogP contribution in [0, 0.1) is 0 Å². The lowest BCUT2D eigenvalue weighted by molar-refractivity contribution is -0.115. The third kappa shape index (κ3) is 7.73. The fourth-order valence-electron chi connectivity index (χ4n) is 1.45. The van der Waals surface area contributed by atoms with Crippen LogP contribution in [-0.4, -0.2) is 70.6 Å². The van der Waals surface area contributed by atoms with Gasteiger partial charge in [0.05, 0.1) is 0 Å². The first-order valence-electron chi connectivity index (χ1n) is 5.56. The van der Waals surface area contributed by atoms with Crippen molar-refractivity contribution in [2.75, 3.05) is 54.5 Å². The van der Waals surface area contributed by atoms with Gasteiger partial charge in [0.1, 0.15) is 0 Å². The molecular formula is C11H26N2O2. The van der Waals surface area contributed by atoms with E-state index in [4.69, 9.17) is 9.47 Å². The zero-order valence-electron chi connectivity index (χ0n) is 10.8. The highest BCUT2D eigenvalue weighted by atomic mass is 16.7. The second-order valence-corrected chi connectivity index (χ2v) is 3.95. The van der Waals surface area contributed by atoms with E-state index in [0.29, 0.717) is 0 Å². The summed E-state index contributed by atoms with van der Waals surface area (Å²) in [5.74, 6) is 0. The van der Waals surface area contributed by atoms with E-state index in [2.05, 4.69) is 30.8 Å². The van der Waals surface area contributed by atoms with E-state index in [1.807, 2.05) is 0 Å². The Labute approximate surface area is 94.1 Å². The lowest BCUT2D eigenvalue weighted by atomic mass is 10.3. The zero-order chi connectivity index (χ0) is 11.7. The highest BCUT2D eigenvalue weighted by molar-refractivity contribution is 4.59. The summed E-state index contributed by atoms with van der Waals surface area (Å²) in [4.78, 5) is 4.55. The Kier molecular flexibility index (Phi) is 9.00. The van der Waals surface area contributed by atoms with Crippen molar-refractivity contribution < 1.29 is 9.47 Å². The number of methoxy groups -OCH3 is 2. The molecule has 0 aliphatic heterocycles. The summed E-state index contributed by atoms with van der Waals surface area (Å²) in [7, 11) is 7.57. The summed E-state index contributed by atoms with van der Waals surface area (Å²) in [6.45, 7) is 6.27. The van der Waals surface area contributed by atoms with E-state index in [1.54, 1.807) is 14.2 Å². The molecule has 4 nitrogen and oxygen atoms in total. The minimum Gasteiger partial charge on any atom is -0.355 e. The van der Waals surface area contributed by atoms with E-state index < -0.39 is 0 Å². The summed E-state index contributed by atoms with van der Waals surface area (Å²) in [6.07, 6.45) is 1.07. The van der Waals surface area contributed by atoms with Crippen LogP contribution in [-0.2, 0) is 9.47 Å².